The molecule has 5 nitrogen and oxygen atoms in total. The van der Waals surface area contributed by atoms with Crippen LogP contribution >= 0.6 is 0 Å². The summed E-state index contributed by atoms with van der Waals surface area (Å²) in [4.78, 5) is 3.99. The topological polar surface area (TPSA) is 59.4 Å². The van der Waals surface area contributed by atoms with E-state index >= 15 is 0 Å². The molecule has 0 spiro atoms. The number of nitriles is 1. The van der Waals surface area contributed by atoms with Gasteiger partial charge in [-0.2, -0.15) is 10.4 Å². The van der Waals surface area contributed by atoms with Gasteiger partial charge in [-0.25, -0.2) is 4.98 Å². The first-order chi connectivity index (χ1) is 8.28. The van der Waals surface area contributed by atoms with E-state index in [0.717, 1.165) is 24.4 Å². The maximum atomic E-state index is 8.91. The second-order valence-corrected chi connectivity index (χ2v) is 3.79. The molecule has 0 aliphatic carbocycles. The van der Waals surface area contributed by atoms with Crippen LogP contribution < -0.4 is 0 Å². The Morgan fingerprint density at radius 2 is 2.24 bits per heavy atom. The maximum Gasteiger partial charge on any atom is 0.213 e. The van der Waals surface area contributed by atoms with Gasteiger partial charge in [-0.15, -0.1) is 0 Å². The minimum atomic E-state index is 0.437. The lowest BCUT2D eigenvalue weighted by Gasteiger charge is -2.05. The molecule has 0 radical (unpaired) electrons. The van der Waals surface area contributed by atoms with Gasteiger partial charge in [-0.1, -0.05) is 6.92 Å². The lowest BCUT2D eigenvalue weighted by molar-refractivity contribution is 0.593. The fourth-order valence-electron chi connectivity index (χ4n) is 1.81. The summed E-state index contributed by atoms with van der Waals surface area (Å²) in [6.07, 6.45) is 4.39. The van der Waals surface area contributed by atoms with Crippen molar-refractivity contribution in [3.8, 4) is 6.07 Å². The first-order valence-corrected chi connectivity index (χ1v) is 5.75. The van der Waals surface area contributed by atoms with Crippen LogP contribution in [0.3, 0.4) is 0 Å². The summed E-state index contributed by atoms with van der Waals surface area (Å²) in [6, 6.07) is 4.16. The molecule has 0 bridgehead atoms. The van der Waals surface area contributed by atoms with Crippen LogP contribution in [0.2, 0.25) is 0 Å². The van der Waals surface area contributed by atoms with Crippen molar-refractivity contribution >= 4 is 0 Å². The van der Waals surface area contributed by atoms with Crippen LogP contribution in [0, 0.1) is 11.3 Å². The number of nitrogens with zero attached hydrogens (tertiary/aromatic N) is 5. The predicted molar refractivity (Wildman–Crippen MR) is 63.3 cm³/mol. The third-order valence-corrected chi connectivity index (χ3v) is 2.72. The fraction of sp³-hybridized carbons (Fsp3) is 0.417. The van der Waals surface area contributed by atoms with Gasteiger partial charge in [0.05, 0.1) is 17.9 Å². The highest BCUT2D eigenvalue weighted by Crippen LogP contribution is 2.09. The van der Waals surface area contributed by atoms with Gasteiger partial charge in [-0.3, -0.25) is 4.68 Å². The van der Waals surface area contributed by atoms with Crippen LogP contribution in [-0.2, 0) is 19.5 Å². The molecule has 2 aromatic rings. The van der Waals surface area contributed by atoms with Crippen molar-refractivity contribution in [1.29, 1.82) is 5.26 Å². The minimum absolute atomic E-state index is 0.437. The number of aromatic nitrogens is 4. The van der Waals surface area contributed by atoms with Gasteiger partial charge < -0.3 is 4.57 Å². The van der Waals surface area contributed by atoms with E-state index in [9.17, 15) is 0 Å². The summed E-state index contributed by atoms with van der Waals surface area (Å²) in [7, 11) is 0. The van der Waals surface area contributed by atoms with E-state index < -0.39 is 0 Å². The van der Waals surface area contributed by atoms with Crippen molar-refractivity contribution in [2.75, 3.05) is 0 Å². The van der Waals surface area contributed by atoms with Crippen LogP contribution in [-0.4, -0.2) is 19.3 Å². The Bertz CT molecular complexity index is 543. The molecule has 0 aliphatic rings. The molecule has 0 aromatic carbocycles. The summed E-state index contributed by atoms with van der Waals surface area (Å²) in [6.45, 7) is 5.63. The van der Waals surface area contributed by atoms with Crippen LogP contribution in [0.4, 0.5) is 0 Å². The summed E-state index contributed by atoms with van der Waals surface area (Å²) >= 11 is 0. The predicted octanol–water partition coefficient (Wildman–Crippen LogP) is 1.58. The largest absolute Gasteiger partial charge is 0.317 e. The van der Waals surface area contributed by atoms with E-state index in [2.05, 4.69) is 36.1 Å². The van der Waals surface area contributed by atoms with Crippen molar-refractivity contribution in [1.82, 2.24) is 19.3 Å². The molecule has 88 valence electrons. The van der Waals surface area contributed by atoms with Crippen LogP contribution in [0.1, 0.15) is 31.1 Å². The summed E-state index contributed by atoms with van der Waals surface area (Å²) in [5, 5.41) is 13.4. The van der Waals surface area contributed by atoms with Crippen molar-refractivity contribution in [2.45, 2.75) is 33.4 Å². The van der Waals surface area contributed by atoms with Crippen LogP contribution in [0.5, 0.6) is 0 Å². The third-order valence-electron chi connectivity index (χ3n) is 2.72. The molecular weight excluding hydrogens is 214 g/mol. The van der Waals surface area contributed by atoms with Gasteiger partial charge in [0.2, 0.25) is 5.82 Å². The monoisotopic (exact) mass is 229 g/mol. The number of rotatable bonds is 4. The van der Waals surface area contributed by atoms with Crippen molar-refractivity contribution in [3.63, 3.8) is 0 Å². The highest BCUT2D eigenvalue weighted by Gasteiger charge is 2.08. The molecule has 0 aliphatic heterocycles. The van der Waals surface area contributed by atoms with Gasteiger partial charge in [-0.05, 0) is 19.4 Å². The molecule has 0 unspecified atom stereocenters. The van der Waals surface area contributed by atoms with Gasteiger partial charge in [0, 0.05) is 18.9 Å². The van der Waals surface area contributed by atoms with Gasteiger partial charge in [0.1, 0.15) is 6.07 Å². The Labute approximate surface area is 100 Å². The van der Waals surface area contributed by atoms with Crippen LogP contribution in [0.25, 0.3) is 0 Å². The first-order valence-electron chi connectivity index (χ1n) is 5.75. The highest BCUT2D eigenvalue weighted by molar-refractivity contribution is 5.16. The fourth-order valence-corrected chi connectivity index (χ4v) is 1.81. The smallest absolute Gasteiger partial charge is 0.213 e. The second kappa shape index (κ2) is 4.83. The maximum absolute atomic E-state index is 8.91. The quantitative estimate of drug-likeness (QED) is 0.799. The molecule has 0 saturated heterocycles. The Morgan fingerprint density at radius 3 is 2.88 bits per heavy atom. The summed E-state index contributed by atoms with van der Waals surface area (Å²) in [5.41, 5.74) is 2.19. The normalized spacial score (nSPS) is 10.4. The Hall–Kier alpha value is -2.09. The van der Waals surface area contributed by atoms with E-state index in [-0.39, 0.29) is 0 Å². The molecule has 0 fully saturated rings. The molecule has 17 heavy (non-hydrogen) atoms. The molecule has 2 aromatic heterocycles. The molecule has 2 rings (SSSR count). The molecule has 5 heteroatoms. The zero-order valence-electron chi connectivity index (χ0n) is 10.1. The zero-order chi connectivity index (χ0) is 12.3. The molecular formula is C12H15N5. The van der Waals surface area contributed by atoms with E-state index in [1.165, 1.54) is 0 Å². The second-order valence-electron chi connectivity index (χ2n) is 3.79. The minimum Gasteiger partial charge on any atom is -0.317 e. The van der Waals surface area contributed by atoms with E-state index in [4.69, 9.17) is 5.26 Å². The summed E-state index contributed by atoms with van der Waals surface area (Å²) in [5.74, 6) is 0.437. The van der Waals surface area contributed by atoms with Crippen molar-refractivity contribution < 1.29 is 0 Å². The average Bonchev–Trinajstić information content (AvgIpc) is 2.95. The standard InChI is InChI=1S/C12H15N5/c1-3-10-7-11(17(4-2)15-10)9-16-6-5-14-12(16)8-13/h5-7H,3-4,9H2,1-2H3. The number of aryl methyl sites for hydroxylation is 2. The highest BCUT2D eigenvalue weighted by atomic mass is 15.3. The lowest BCUT2D eigenvalue weighted by Crippen LogP contribution is -2.08. The van der Waals surface area contributed by atoms with Gasteiger partial charge >= 0.3 is 0 Å². The SMILES string of the molecule is CCc1cc(Cn2ccnc2C#N)n(CC)n1. The van der Waals surface area contributed by atoms with Crippen molar-refractivity contribution in [2.24, 2.45) is 0 Å². The van der Waals surface area contributed by atoms with Crippen molar-refractivity contribution in [3.05, 3.63) is 35.7 Å². The third kappa shape index (κ3) is 2.21. The van der Waals surface area contributed by atoms with E-state index in [1.54, 1.807) is 6.20 Å². The number of hydrogen-bond acceptors (Lipinski definition) is 3. The van der Waals surface area contributed by atoms with Gasteiger partial charge in [0.15, 0.2) is 0 Å². The van der Waals surface area contributed by atoms with E-state index in [0.29, 0.717) is 12.4 Å². The Morgan fingerprint density at radius 1 is 1.41 bits per heavy atom. The zero-order valence-corrected chi connectivity index (χ0v) is 10.1. The molecule has 0 N–H and O–H groups in total. The van der Waals surface area contributed by atoms with Crippen LogP contribution in [0.15, 0.2) is 18.5 Å². The molecule has 2 heterocycles. The number of hydrogen-bond donors (Lipinski definition) is 0. The molecule has 0 atom stereocenters. The average molecular weight is 229 g/mol. The summed E-state index contributed by atoms with van der Waals surface area (Å²) < 4.78 is 3.81. The number of imidazole rings is 1. The Balaban J connectivity index is 2.29. The molecule has 0 saturated carbocycles. The van der Waals surface area contributed by atoms with E-state index in [1.807, 2.05) is 15.4 Å². The molecule has 0 amide bonds. The van der Waals surface area contributed by atoms with Gasteiger partial charge in [0.25, 0.3) is 0 Å². The first kappa shape index (κ1) is 11.4. The Kier molecular flexibility index (Phi) is 3.24. The lowest BCUT2D eigenvalue weighted by atomic mass is 10.3.